The highest BCUT2D eigenvalue weighted by atomic mass is 35.5. The molecule has 0 spiro atoms. The van der Waals surface area contributed by atoms with Gasteiger partial charge in [0.15, 0.2) is 0 Å². The van der Waals surface area contributed by atoms with Gasteiger partial charge in [0, 0.05) is 24.4 Å². The number of nitrogens with zero attached hydrogens (tertiary/aromatic N) is 2. The first-order valence-corrected chi connectivity index (χ1v) is 8.12. The minimum Gasteiger partial charge on any atom is -0.369 e. The van der Waals surface area contributed by atoms with Crippen LogP contribution in [0.4, 0.5) is 0 Å². The van der Waals surface area contributed by atoms with E-state index in [9.17, 15) is 4.79 Å². The first-order chi connectivity index (χ1) is 9.19. The number of alkyl halides is 1. The van der Waals surface area contributed by atoms with Gasteiger partial charge in [-0.3, -0.25) is 9.69 Å². The van der Waals surface area contributed by atoms with Crippen LogP contribution in [0.5, 0.6) is 0 Å². The number of carbonyl (C=O) groups excluding carboxylic acids is 1. The Labute approximate surface area is 122 Å². The molecule has 6 heteroatoms. The van der Waals surface area contributed by atoms with Crippen molar-refractivity contribution < 1.29 is 4.79 Å². The Morgan fingerprint density at radius 3 is 2.84 bits per heavy atom. The lowest BCUT2D eigenvalue weighted by molar-refractivity contribution is -0.119. The molecule has 1 aromatic rings. The van der Waals surface area contributed by atoms with E-state index in [1.165, 1.54) is 25.7 Å². The van der Waals surface area contributed by atoms with Gasteiger partial charge in [-0.05, 0) is 12.8 Å². The number of amides is 1. The van der Waals surface area contributed by atoms with Crippen molar-refractivity contribution >= 4 is 28.8 Å². The molecule has 2 rings (SSSR count). The van der Waals surface area contributed by atoms with E-state index in [-0.39, 0.29) is 5.91 Å². The van der Waals surface area contributed by atoms with E-state index < -0.39 is 0 Å². The summed E-state index contributed by atoms with van der Waals surface area (Å²) in [6, 6.07) is 0.514. The fourth-order valence-corrected chi connectivity index (χ4v) is 3.64. The summed E-state index contributed by atoms with van der Waals surface area (Å²) < 4.78 is 0. The van der Waals surface area contributed by atoms with Crippen molar-refractivity contribution in [2.45, 2.75) is 44.0 Å². The van der Waals surface area contributed by atoms with Crippen LogP contribution in [0, 0.1) is 0 Å². The SMILES string of the molecule is NC(=O)CN(CCc1nc(CCl)cs1)C1CCCC1. The average molecular weight is 302 g/mol. The molecule has 1 amide bonds. The van der Waals surface area contributed by atoms with E-state index in [0.29, 0.717) is 18.5 Å². The topological polar surface area (TPSA) is 59.2 Å². The van der Waals surface area contributed by atoms with Gasteiger partial charge in [-0.2, -0.15) is 0 Å². The summed E-state index contributed by atoms with van der Waals surface area (Å²) in [6.07, 6.45) is 5.74. The number of nitrogens with two attached hydrogens (primary N) is 1. The number of rotatable bonds is 7. The van der Waals surface area contributed by atoms with Crippen LogP contribution in [-0.4, -0.2) is 34.9 Å². The zero-order valence-electron chi connectivity index (χ0n) is 11.0. The first-order valence-electron chi connectivity index (χ1n) is 6.70. The van der Waals surface area contributed by atoms with Gasteiger partial charge in [-0.1, -0.05) is 12.8 Å². The van der Waals surface area contributed by atoms with Gasteiger partial charge in [0.05, 0.1) is 23.1 Å². The molecule has 1 aliphatic rings. The highest BCUT2D eigenvalue weighted by Crippen LogP contribution is 2.23. The number of hydrogen-bond donors (Lipinski definition) is 1. The molecule has 2 N–H and O–H groups in total. The summed E-state index contributed by atoms with van der Waals surface area (Å²) in [4.78, 5) is 17.8. The molecule has 0 saturated heterocycles. The van der Waals surface area contributed by atoms with Crippen LogP contribution in [0.1, 0.15) is 36.4 Å². The van der Waals surface area contributed by atoms with Crippen LogP contribution in [-0.2, 0) is 17.1 Å². The molecule has 1 saturated carbocycles. The molecule has 0 bridgehead atoms. The number of carbonyl (C=O) groups is 1. The first kappa shape index (κ1) is 14.8. The molecule has 106 valence electrons. The standard InChI is InChI=1S/C13H20ClN3OS/c14-7-10-9-19-13(16-10)5-6-17(8-12(15)18)11-3-1-2-4-11/h9,11H,1-8H2,(H2,15,18). The molecule has 1 fully saturated rings. The lowest BCUT2D eigenvalue weighted by Crippen LogP contribution is -2.41. The number of halogens is 1. The van der Waals surface area contributed by atoms with E-state index in [4.69, 9.17) is 17.3 Å². The molecule has 0 aromatic carbocycles. The lowest BCUT2D eigenvalue weighted by atomic mass is 10.2. The smallest absolute Gasteiger partial charge is 0.231 e. The van der Waals surface area contributed by atoms with Crippen LogP contribution in [0.3, 0.4) is 0 Å². The molecule has 1 heterocycles. The molecule has 1 aliphatic carbocycles. The van der Waals surface area contributed by atoms with E-state index in [1.54, 1.807) is 11.3 Å². The van der Waals surface area contributed by atoms with E-state index in [0.717, 1.165) is 23.7 Å². The zero-order chi connectivity index (χ0) is 13.7. The van der Waals surface area contributed by atoms with E-state index in [1.807, 2.05) is 5.38 Å². The van der Waals surface area contributed by atoms with Crippen molar-refractivity contribution in [3.05, 3.63) is 16.1 Å². The summed E-state index contributed by atoms with van der Waals surface area (Å²) in [7, 11) is 0. The van der Waals surface area contributed by atoms with Crippen LogP contribution in [0.15, 0.2) is 5.38 Å². The number of aromatic nitrogens is 1. The number of primary amides is 1. The normalized spacial score (nSPS) is 16.3. The Balaban J connectivity index is 1.89. The van der Waals surface area contributed by atoms with Crippen molar-refractivity contribution in [2.24, 2.45) is 5.73 Å². The van der Waals surface area contributed by atoms with Crippen molar-refractivity contribution in [3.8, 4) is 0 Å². The highest BCUT2D eigenvalue weighted by molar-refractivity contribution is 7.09. The van der Waals surface area contributed by atoms with Gasteiger partial charge in [-0.15, -0.1) is 22.9 Å². The van der Waals surface area contributed by atoms with Crippen LogP contribution in [0.2, 0.25) is 0 Å². The Kier molecular flexibility index (Phi) is 5.60. The monoisotopic (exact) mass is 301 g/mol. The molecular weight excluding hydrogens is 282 g/mol. The van der Waals surface area contributed by atoms with Gasteiger partial charge in [0.25, 0.3) is 0 Å². The summed E-state index contributed by atoms with van der Waals surface area (Å²) in [5, 5.41) is 3.08. The van der Waals surface area contributed by atoms with Crippen LogP contribution < -0.4 is 5.73 Å². The molecular formula is C13H20ClN3OS. The van der Waals surface area contributed by atoms with Gasteiger partial charge in [0.2, 0.25) is 5.91 Å². The van der Waals surface area contributed by atoms with Gasteiger partial charge >= 0.3 is 0 Å². The Morgan fingerprint density at radius 2 is 2.26 bits per heavy atom. The second-order valence-corrected chi connectivity index (χ2v) is 6.20. The van der Waals surface area contributed by atoms with Crippen molar-refractivity contribution in [1.82, 2.24) is 9.88 Å². The largest absolute Gasteiger partial charge is 0.369 e. The third-order valence-electron chi connectivity index (χ3n) is 3.55. The van der Waals surface area contributed by atoms with Crippen molar-refractivity contribution in [1.29, 1.82) is 0 Å². The second-order valence-electron chi connectivity index (χ2n) is 4.99. The summed E-state index contributed by atoms with van der Waals surface area (Å²) in [6.45, 7) is 1.21. The minimum atomic E-state index is -0.243. The van der Waals surface area contributed by atoms with Crippen LogP contribution >= 0.6 is 22.9 Å². The predicted octanol–water partition coefficient (Wildman–Crippen LogP) is 2.15. The van der Waals surface area contributed by atoms with E-state index in [2.05, 4.69) is 9.88 Å². The third kappa shape index (κ3) is 4.44. The highest BCUT2D eigenvalue weighted by Gasteiger charge is 2.23. The maximum Gasteiger partial charge on any atom is 0.231 e. The van der Waals surface area contributed by atoms with Crippen molar-refractivity contribution in [2.75, 3.05) is 13.1 Å². The quantitative estimate of drug-likeness (QED) is 0.785. The third-order valence-corrected chi connectivity index (χ3v) is 4.78. The average Bonchev–Trinajstić information content (AvgIpc) is 3.05. The number of hydrogen-bond acceptors (Lipinski definition) is 4. The maximum absolute atomic E-state index is 11.2. The molecule has 0 unspecified atom stereocenters. The number of thiazole rings is 1. The van der Waals surface area contributed by atoms with Gasteiger partial charge < -0.3 is 5.73 Å². The molecule has 0 atom stereocenters. The van der Waals surface area contributed by atoms with E-state index >= 15 is 0 Å². The van der Waals surface area contributed by atoms with Gasteiger partial charge in [-0.25, -0.2) is 4.98 Å². The lowest BCUT2D eigenvalue weighted by Gasteiger charge is -2.27. The molecule has 0 radical (unpaired) electrons. The molecule has 19 heavy (non-hydrogen) atoms. The van der Waals surface area contributed by atoms with Gasteiger partial charge in [0.1, 0.15) is 0 Å². The Morgan fingerprint density at radius 1 is 1.53 bits per heavy atom. The fraction of sp³-hybridized carbons (Fsp3) is 0.692. The van der Waals surface area contributed by atoms with Crippen LogP contribution in [0.25, 0.3) is 0 Å². The Bertz CT molecular complexity index is 418. The molecule has 0 aliphatic heterocycles. The summed E-state index contributed by atoms with van der Waals surface area (Å²) >= 11 is 7.39. The minimum absolute atomic E-state index is 0.243. The fourth-order valence-electron chi connectivity index (χ4n) is 2.62. The van der Waals surface area contributed by atoms with Crippen molar-refractivity contribution in [3.63, 3.8) is 0 Å². The maximum atomic E-state index is 11.2. The second kappa shape index (κ2) is 7.22. The summed E-state index contributed by atoms with van der Waals surface area (Å²) in [5.74, 6) is 0.219. The zero-order valence-corrected chi connectivity index (χ0v) is 12.6. The summed E-state index contributed by atoms with van der Waals surface area (Å²) in [5.41, 5.74) is 6.28. The molecule has 1 aromatic heterocycles. The molecule has 4 nitrogen and oxygen atoms in total. The predicted molar refractivity (Wildman–Crippen MR) is 78.4 cm³/mol. The Hall–Kier alpha value is -0.650.